The number of benzene rings is 1. The predicted molar refractivity (Wildman–Crippen MR) is 131 cm³/mol. The lowest BCUT2D eigenvalue weighted by atomic mass is 10.1. The summed E-state index contributed by atoms with van der Waals surface area (Å²) in [4.78, 5) is 26.7. The van der Waals surface area contributed by atoms with Gasteiger partial charge in [-0.3, -0.25) is 9.48 Å². The van der Waals surface area contributed by atoms with Gasteiger partial charge in [-0.15, -0.1) is 11.3 Å². The fraction of sp³-hybridized carbons (Fsp3) is 0.273. The van der Waals surface area contributed by atoms with Crippen molar-refractivity contribution in [3.05, 3.63) is 63.7 Å². The number of aromatic nitrogens is 2. The lowest BCUT2D eigenvalue weighted by Gasteiger charge is -2.09. The summed E-state index contributed by atoms with van der Waals surface area (Å²) < 4.78 is 6.72. The molecule has 0 saturated heterocycles. The molecule has 2 N–H and O–H groups in total. The number of hydrogen-bond acceptors (Lipinski definition) is 6. The third-order valence-electron chi connectivity index (χ3n) is 4.84. The molecule has 1 amide bonds. The second-order valence-electron chi connectivity index (χ2n) is 7.36. The number of hydrogen-bond donors (Lipinski definition) is 2. The number of methoxy groups -OCH3 is 1. The number of thiocarbonyl (C=S) groups is 1. The van der Waals surface area contributed by atoms with Gasteiger partial charge in [0.25, 0.3) is 5.91 Å². The zero-order chi connectivity index (χ0) is 23.4. The van der Waals surface area contributed by atoms with E-state index in [1.807, 2.05) is 29.1 Å². The van der Waals surface area contributed by atoms with Crippen LogP contribution >= 0.6 is 23.6 Å². The number of thiophene rings is 1. The van der Waals surface area contributed by atoms with Crippen LogP contribution in [0.25, 0.3) is 0 Å². The Balaban J connectivity index is 1.75. The van der Waals surface area contributed by atoms with Crippen LogP contribution in [0.15, 0.2) is 36.5 Å². The molecule has 8 nitrogen and oxygen atoms in total. The zero-order valence-electron chi connectivity index (χ0n) is 18.6. The summed E-state index contributed by atoms with van der Waals surface area (Å²) in [5.74, 6) is -0.169. The summed E-state index contributed by atoms with van der Waals surface area (Å²) in [5, 5.41) is 11.2. The Morgan fingerprint density at radius 1 is 1.19 bits per heavy atom. The molecule has 0 aliphatic rings. The van der Waals surface area contributed by atoms with E-state index in [-0.39, 0.29) is 16.6 Å². The van der Waals surface area contributed by atoms with E-state index in [1.54, 1.807) is 21.0 Å². The van der Waals surface area contributed by atoms with Crippen LogP contribution in [0.5, 0.6) is 0 Å². The number of aryl methyl sites for hydroxylation is 1. The summed E-state index contributed by atoms with van der Waals surface area (Å²) in [5.41, 5.74) is 3.21. The van der Waals surface area contributed by atoms with E-state index in [1.165, 1.54) is 23.1 Å². The highest BCUT2D eigenvalue weighted by molar-refractivity contribution is 7.80. The number of ether oxygens (including phenoxy) is 1. The fourth-order valence-corrected chi connectivity index (χ4v) is 4.58. The molecule has 0 radical (unpaired) electrons. The van der Waals surface area contributed by atoms with E-state index in [0.29, 0.717) is 27.8 Å². The van der Waals surface area contributed by atoms with E-state index < -0.39 is 5.97 Å². The molecule has 168 valence electrons. The van der Waals surface area contributed by atoms with Crippen molar-refractivity contribution in [2.24, 2.45) is 0 Å². The van der Waals surface area contributed by atoms with Crippen LogP contribution in [0.2, 0.25) is 0 Å². The predicted octanol–water partition coefficient (Wildman–Crippen LogP) is 3.91. The van der Waals surface area contributed by atoms with Gasteiger partial charge in [0.2, 0.25) is 0 Å². The minimum atomic E-state index is -0.538. The summed E-state index contributed by atoms with van der Waals surface area (Å²) in [6.07, 6.45) is 1.86. The SMILES string of the molecule is COC(=O)c1c(NC(=S)Nc2ccn(Cc3ccccc3C)n2)sc(C(=O)N(C)C)c1C. The largest absolute Gasteiger partial charge is 0.465 e. The van der Waals surface area contributed by atoms with Gasteiger partial charge < -0.3 is 20.3 Å². The summed E-state index contributed by atoms with van der Waals surface area (Å²) >= 11 is 6.58. The molecule has 0 bridgehead atoms. The number of nitrogens with one attached hydrogen (secondary N) is 2. The number of esters is 1. The Morgan fingerprint density at radius 3 is 2.56 bits per heavy atom. The first-order valence-corrected chi connectivity index (χ1v) is 11.0. The molecule has 0 spiro atoms. The Kier molecular flexibility index (Phi) is 7.26. The molecule has 2 aromatic heterocycles. The van der Waals surface area contributed by atoms with Crippen LogP contribution < -0.4 is 10.6 Å². The Bertz CT molecular complexity index is 1170. The third kappa shape index (κ3) is 5.14. The average molecular weight is 472 g/mol. The van der Waals surface area contributed by atoms with E-state index in [0.717, 1.165) is 11.3 Å². The first kappa shape index (κ1) is 23.4. The molecular formula is C22H25N5O3S2. The molecular weight excluding hydrogens is 446 g/mol. The van der Waals surface area contributed by atoms with Gasteiger partial charge in [0.1, 0.15) is 5.00 Å². The van der Waals surface area contributed by atoms with Crippen LogP contribution in [0.1, 0.15) is 36.7 Å². The molecule has 0 atom stereocenters. The van der Waals surface area contributed by atoms with Crippen molar-refractivity contribution in [3.63, 3.8) is 0 Å². The second kappa shape index (κ2) is 9.92. The summed E-state index contributed by atoms with van der Waals surface area (Å²) in [6, 6.07) is 9.95. The maximum Gasteiger partial charge on any atom is 0.341 e. The molecule has 0 aliphatic carbocycles. The first-order valence-electron chi connectivity index (χ1n) is 9.80. The molecule has 10 heteroatoms. The number of nitrogens with zero attached hydrogens (tertiary/aromatic N) is 3. The standard InChI is InChI=1S/C22H25N5O3S2/c1-13-8-6-7-9-15(13)12-27-11-10-16(25-27)23-22(31)24-19-17(21(29)30-5)14(2)18(32-19)20(28)26(3)4/h6-11H,12H2,1-5H3,(H2,23,24,25,31). The Hall–Kier alpha value is -3.24. The maximum absolute atomic E-state index is 12.5. The highest BCUT2D eigenvalue weighted by atomic mass is 32.1. The maximum atomic E-state index is 12.5. The van der Waals surface area contributed by atoms with Gasteiger partial charge >= 0.3 is 5.97 Å². The summed E-state index contributed by atoms with van der Waals surface area (Å²) in [7, 11) is 4.62. The van der Waals surface area contributed by atoms with Crippen molar-refractivity contribution >= 4 is 51.4 Å². The fourth-order valence-electron chi connectivity index (χ4n) is 3.09. The van der Waals surface area contributed by atoms with Crippen molar-refractivity contribution < 1.29 is 14.3 Å². The van der Waals surface area contributed by atoms with Gasteiger partial charge in [-0.05, 0) is 42.8 Å². The Labute approximate surface area is 196 Å². The molecule has 0 saturated carbocycles. The van der Waals surface area contributed by atoms with Crippen molar-refractivity contribution in [1.82, 2.24) is 14.7 Å². The molecule has 2 heterocycles. The molecule has 32 heavy (non-hydrogen) atoms. The second-order valence-corrected chi connectivity index (χ2v) is 8.78. The van der Waals surface area contributed by atoms with E-state index in [2.05, 4.69) is 34.8 Å². The smallest absolute Gasteiger partial charge is 0.341 e. The minimum Gasteiger partial charge on any atom is -0.465 e. The highest BCUT2D eigenvalue weighted by Gasteiger charge is 2.26. The monoisotopic (exact) mass is 471 g/mol. The van der Waals surface area contributed by atoms with Gasteiger partial charge in [-0.1, -0.05) is 24.3 Å². The van der Waals surface area contributed by atoms with E-state index in [4.69, 9.17) is 17.0 Å². The number of rotatable bonds is 6. The molecule has 1 aromatic carbocycles. The molecule has 3 aromatic rings. The van der Waals surface area contributed by atoms with E-state index >= 15 is 0 Å². The lowest BCUT2D eigenvalue weighted by Crippen LogP contribution is -2.21. The first-order chi connectivity index (χ1) is 15.2. The molecule has 3 rings (SSSR count). The number of amides is 1. The third-order valence-corrected chi connectivity index (χ3v) is 6.24. The van der Waals surface area contributed by atoms with Gasteiger partial charge in [0.05, 0.1) is 24.1 Å². The van der Waals surface area contributed by atoms with Crippen LogP contribution in [0.3, 0.4) is 0 Å². The van der Waals surface area contributed by atoms with Gasteiger partial charge in [-0.2, -0.15) is 5.10 Å². The van der Waals surface area contributed by atoms with Crippen molar-refractivity contribution in [2.45, 2.75) is 20.4 Å². The van der Waals surface area contributed by atoms with Gasteiger partial charge in [0, 0.05) is 26.4 Å². The number of carbonyl (C=O) groups is 2. The quantitative estimate of drug-likeness (QED) is 0.416. The van der Waals surface area contributed by atoms with Crippen LogP contribution in [0, 0.1) is 13.8 Å². The average Bonchev–Trinajstić information content (AvgIpc) is 3.32. The van der Waals surface area contributed by atoms with Crippen LogP contribution in [0.4, 0.5) is 10.8 Å². The summed E-state index contributed by atoms with van der Waals surface area (Å²) in [6.45, 7) is 4.42. The highest BCUT2D eigenvalue weighted by Crippen LogP contribution is 2.34. The topological polar surface area (TPSA) is 88.5 Å². The normalized spacial score (nSPS) is 10.5. The molecule has 0 aliphatic heterocycles. The minimum absolute atomic E-state index is 0.195. The van der Waals surface area contributed by atoms with Gasteiger partial charge in [0.15, 0.2) is 10.9 Å². The van der Waals surface area contributed by atoms with Crippen LogP contribution in [-0.2, 0) is 11.3 Å². The zero-order valence-corrected chi connectivity index (χ0v) is 20.2. The van der Waals surface area contributed by atoms with E-state index in [9.17, 15) is 9.59 Å². The number of carbonyl (C=O) groups excluding carboxylic acids is 2. The number of anilines is 2. The van der Waals surface area contributed by atoms with Crippen molar-refractivity contribution in [1.29, 1.82) is 0 Å². The molecule has 0 fully saturated rings. The van der Waals surface area contributed by atoms with Crippen LogP contribution in [-0.4, -0.2) is 52.9 Å². The lowest BCUT2D eigenvalue weighted by molar-refractivity contribution is 0.0601. The van der Waals surface area contributed by atoms with Crippen molar-refractivity contribution in [3.8, 4) is 0 Å². The molecule has 0 unspecified atom stereocenters. The Morgan fingerprint density at radius 2 is 1.91 bits per heavy atom. The van der Waals surface area contributed by atoms with Gasteiger partial charge in [-0.25, -0.2) is 4.79 Å². The van der Waals surface area contributed by atoms with Crippen molar-refractivity contribution in [2.75, 3.05) is 31.8 Å².